The number of benzene rings is 1. The minimum absolute atomic E-state index is 0.205. The van der Waals surface area contributed by atoms with Gasteiger partial charge in [-0.1, -0.05) is 6.07 Å². The first kappa shape index (κ1) is 9.04. The van der Waals surface area contributed by atoms with Crippen LogP contribution in [0.3, 0.4) is 0 Å². The Kier molecular flexibility index (Phi) is 2.14. The molecule has 1 atom stereocenters. The molecule has 1 fully saturated rings. The Labute approximate surface area is 82.9 Å². The van der Waals surface area contributed by atoms with Crippen LogP contribution < -0.4 is 4.74 Å². The molecule has 1 aromatic rings. The number of hydrogen-bond acceptors (Lipinski definition) is 3. The summed E-state index contributed by atoms with van der Waals surface area (Å²) in [6.07, 6.45) is 0.205. The van der Waals surface area contributed by atoms with Crippen LogP contribution in [0.25, 0.3) is 0 Å². The summed E-state index contributed by atoms with van der Waals surface area (Å²) in [4.78, 5) is 0. The van der Waals surface area contributed by atoms with Gasteiger partial charge in [0.05, 0.1) is 19.3 Å². The minimum atomic E-state index is 0.205. The molecule has 0 bridgehead atoms. The lowest BCUT2D eigenvalue weighted by Gasteiger charge is -2.09. The lowest BCUT2D eigenvalue weighted by molar-refractivity contribution is 0.400. The van der Waals surface area contributed by atoms with E-state index in [1.165, 1.54) is 0 Å². The SMILES string of the molecule is COc1c(C#N)ccc(C2CO2)c1C. The Morgan fingerprint density at radius 3 is 2.79 bits per heavy atom. The quantitative estimate of drug-likeness (QED) is 0.668. The minimum Gasteiger partial charge on any atom is -0.495 e. The van der Waals surface area contributed by atoms with E-state index in [0.717, 1.165) is 17.7 Å². The van der Waals surface area contributed by atoms with Gasteiger partial charge in [0, 0.05) is 0 Å². The molecule has 14 heavy (non-hydrogen) atoms. The van der Waals surface area contributed by atoms with Gasteiger partial charge in [-0.15, -0.1) is 0 Å². The van der Waals surface area contributed by atoms with Crippen LogP contribution in [0.15, 0.2) is 12.1 Å². The summed E-state index contributed by atoms with van der Waals surface area (Å²) >= 11 is 0. The number of nitrogens with zero attached hydrogens (tertiary/aromatic N) is 1. The smallest absolute Gasteiger partial charge is 0.139 e. The highest BCUT2D eigenvalue weighted by atomic mass is 16.6. The van der Waals surface area contributed by atoms with Crippen molar-refractivity contribution in [1.29, 1.82) is 5.26 Å². The van der Waals surface area contributed by atoms with Crippen molar-refractivity contribution in [2.24, 2.45) is 0 Å². The van der Waals surface area contributed by atoms with Gasteiger partial charge in [-0.3, -0.25) is 0 Å². The van der Waals surface area contributed by atoms with Crippen molar-refractivity contribution in [3.63, 3.8) is 0 Å². The van der Waals surface area contributed by atoms with Crippen LogP contribution in [0, 0.1) is 18.3 Å². The molecule has 1 heterocycles. The molecule has 3 nitrogen and oxygen atoms in total. The summed E-state index contributed by atoms with van der Waals surface area (Å²) in [5, 5.41) is 8.86. The Balaban J connectivity index is 2.52. The van der Waals surface area contributed by atoms with Crippen LogP contribution in [0.5, 0.6) is 5.75 Å². The highest BCUT2D eigenvalue weighted by Crippen LogP contribution is 2.36. The molecule has 1 unspecified atom stereocenters. The predicted octanol–water partition coefficient (Wildman–Crippen LogP) is 1.95. The summed E-state index contributed by atoms with van der Waals surface area (Å²) < 4.78 is 10.4. The second-order valence-corrected chi connectivity index (χ2v) is 3.29. The van der Waals surface area contributed by atoms with Crippen LogP contribution in [0.4, 0.5) is 0 Å². The normalized spacial score (nSPS) is 18.8. The average Bonchev–Trinajstić information content (AvgIpc) is 3.00. The van der Waals surface area contributed by atoms with Gasteiger partial charge >= 0.3 is 0 Å². The number of epoxide rings is 1. The van der Waals surface area contributed by atoms with Crippen molar-refractivity contribution >= 4 is 0 Å². The summed E-state index contributed by atoms with van der Waals surface area (Å²) in [6, 6.07) is 5.83. The van der Waals surface area contributed by atoms with Gasteiger partial charge in [0.25, 0.3) is 0 Å². The molecule has 72 valence electrons. The van der Waals surface area contributed by atoms with E-state index in [-0.39, 0.29) is 6.10 Å². The van der Waals surface area contributed by atoms with E-state index in [1.807, 2.05) is 13.0 Å². The third-order valence-electron chi connectivity index (χ3n) is 2.45. The maximum Gasteiger partial charge on any atom is 0.139 e. The molecule has 3 heteroatoms. The van der Waals surface area contributed by atoms with Crippen molar-refractivity contribution < 1.29 is 9.47 Å². The van der Waals surface area contributed by atoms with E-state index < -0.39 is 0 Å². The van der Waals surface area contributed by atoms with Gasteiger partial charge < -0.3 is 9.47 Å². The molecule has 1 aromatic carbocycles. The average molecular weight is 189 g/mol. The molecule has 0 aromatic heterocycles. The first-order valence-corrected chi connectivity index (χ1v) is 4.47. The number of ether oxygens (including phenoxy) is 2. The van der Waals surface area contributed by atoms with E-state index in [4.69, 9.17) is 14.7 Å². The Hall–Kier alpha value is -1.53. The fraction of sp³-hybridized carbons (Fsp3) is 0.364. The molecule has 1 aliphatic heterocycles. The lowest BCUT2D eigenvalue weighted by Crippen LogP contribution is -1.96. The zero-order chi connectivity index (χ0) is 10.1. The molecule has 0 saturated carbocycles. The zero-order valence-electron chi connectivity index (χ0n) is 8.20. The molecule has 0 aliphatic carbocycles. The maximum absolute atomic E-state index is 8.86. The Bertz CT molecular complexity index is 402. The van der Waals surface area contributed by atoms with E-state index in [1.54, 1.807) is 13.2 Å². The van der Waals surface area contributed by atoms with Crippen LogP contribution in [0.1, 0.15) is 22.8 Å². The fourth-order valence-electron chi connectivity index (χ4n) is 1.63. The molecule has 0 radical (unpaired) electrons. The van der Waals surface area contributed by atoms with Gasteiger partial charge in [0.2, 0.25) is 0 Å². The Morgan fingerprint density at radius 2 is 2.29 bits per heavy atom. The third kappa shape index (κ3) is 1.34. The van der Waals surface area contributed by atoms with Crippen LogP contribution >= 0.6 is 0 Å². The van der Waals surface area contributed by atoms with E-state index in [9.17, 15) is 0 Å². The summed E-state index contributed by atoms with van der Waals surface area (Å²) in [5.41, 5.74) is 2.71. The fourth-order valence-corrected chi connectivity index (χ4v) is 1.63. The highest BCUT2D eigenvalue weighted by Gasteiger charge is 2.28. The molecular formula is C11H11NO2. The number of methoxy groups -OCH3 is 1. The second kappa shape index (κ2) is 3.32. The van der Waals surface area contributed by atoms with Gasteiger partial charge in [0.1, 0.15) is 17.9 Å². The first-order chi connectivity index (χ1) is 6.77. The van der Waals surface area contributed by atoms with Gasteiger partial charge in [-0.2, -0.15) is 5.26 Å². The number of hydrogen-bond donors (Lipinski definition) is 0. The summed E-state index contributed by atoms with van der Waals surface area (Å²) in [6.45, 7) is 2.73. The Morgan fingerprint density at radius 1 is 1.57 bits per heavy atom. The van der Waals surface area contributed by atoms with Gasteiger partial charge in [0.15, 0.2) is 0 Å². The largest absolute Gasteiger partial charge is 0.495 e. The van der Waals surface area contributed by atoms with Crippen molar-refractivity contribution in [3.05, 3.63) is 28.8 Å². The van der Waals surface area contributed by atoms with Crippen molar-refractivity contribution in [3.8, 4) is 11.8 Å². The van der Waals surface area contributed by atoms with Gasteiger partial charge in [-0.25, -0.2) is 0 Å². The van der Waals surface area contributed by atoms with Crippen LogP contribution in [-0.2, 0) is 4.74 Å². The standard InChI is InChI=1S/C11H11NO2/c1-7-9(10-6-14-10)4-3-8(5-12)11(7)13-2/h3-4,10H,6H2,1-2H3. The molecule has 2 rings (SSSR count). The maximum atomic E-state index is 8.86. The van der Waals surface area contributed by atoms with Crippen molar-refractivity contribution in [2.75, 3.05) is 13.7 Å². The van der Waals surface area contributed by atoms with Gasteiger partial charge in [-0.05, 0) is 24.1 Å². The molecular weight excluding hydrogens is 178 g/mol. The molecule has 1 aliphatic rings. The summed E-state index contributed by atoms with van der Waals surface area (Å²) in [5.74, 6) is 0.667. The van der Waals surface area contributed by atoms with E-state index >= 15 is 0 Å². The first-order valence-electron chi connectivity index (χ1n) is 4.47. The molecule has 0 spiro atoms. The highest BCUT2D eigenvalue weighted by molar-refractivity contribution is 5.52. The van der Waals surface area contributed by atoms with Crippen LogP contribution in [-0.4, -0.2) is 13.7 Å². The lowest BCUT2D eigenvalue weighted by atomic mass is 10.0. The molecule has 0 N–H and O–H groups in total. The molecule has 1 saturated heterocycles. The van der Waals surface area contributed by atoms with Crippen LogP contribution in [0.2, 0.25) is 0 Å². The van der Waals surface area contributed by atoms with E-state index in [0.29, 0.717) is 11.3 Å². The summed E-state index contributed by atoms with van der Waals surface area (Å²) in [7, 11) is 1.58. The van der Waals surface area contributed by atoms with E-state index in [2.05, 4.69) is 6.07 Å². The number of rotatable bonds is 2. The zero-order valence-corrected chi connectivity index (χ0v) is 8.20. The predicted molar refractivity (Wildman–Crippen MR) is 51.1 cm³/mol. The van der Waals surface area contributed by atoms with Crippen molar-refractivity contribution in [1.82, 2.24) is 0 Å². The topological polar surface area (TPSA) is 45.5 Å². The number of nitriles is 1. The third-order valence-corrected chi connectivity index (χ3v) is 2.45. The monoisotopic (exact) mass is 189 g/mol. The second-order valence-electron chi connectivity index (χ2n) is 3.29. The van der Waals surface area contributed by atoms with Crippen molar-refractivity contribution in [2.45, 2.75) is 13.0 Å². The molecule has 0 amide bonds.